The molecular formula is C26H28N6O7S4. The molecule has 0 unspecified atom stereocenters. The molecule has 4 N–H and O–H groups in total. The number of fused-ring (bicyclic) bond motifs is 1. The van der Waals surface area contributed by atoms with Crippen LogP contribution in [0.1, 0.15) is 33.1 Å². The first-order valence-electron chi connectivity index (χ1n) is 12.8. The van der Waals surface area contributed by atoms with Crippen LogP contribution in [0.2, 0.25) is 0 Å². The van der Waals surface area contributed by atoms with Gasteiger partial charge in [0.05, 0.1) is 11.4 Å². The minimum absolute atomic E-state index is 0.0789. The number of hydrogen-bond acceptors (Lipinski definition) is 12. The molecule has 43 heavy (non-hydrogen) atoms. The van der Waals surface area contributed by atoms with Crippen LogP contribution in [-0.4, -0.2) is 51.4 Å². The highest BCUT2D eigenvalue weighted by atomic mass is 32.2. The van der Waals surface area contributed by atoms with Crippen LogP contribution in [-0.2, 0) is 20.2 Å². The largest absolute Gasteiger partial charge is 0.350 e. The van der Waals surface area contributed by atoms with E-state index in [9.17, 15) is 30.7 Å². The molecule has 4 aromatic rings. The Labute approximate surface area is 257 Å². The van der Waals surface area contributed by atoms with Crippen molar-refractivity contribution in [1.29, 1.82) is 0 Å². The Kier molecular flexibility index (Phi) is 9.93. The summed E-state index contributed by atoms with van der Waals surface area (Å²) in [5.74, 6) is 0.900. The molecule has 0 fully saturated rings. The van der Waals surface area contributed by atoms with Gasteiger partial charge < -0.3 is 5.32 Å². The zero-order chi connectivity index (χ0) is 31.4. The molecule has 1 aromatic heterocycles. The molecule has 17 heteroatoms. The molecule has 0 amide bonds. The van der Waals surface area contributed by atoms with Gasteiger partial charge in [0.1, 0.15) is 9.79 Å². The van der Waals surface area contributed by atoms with Gasteiger partial charge in [-0.3, -0.25) is 14.1 Å². The lowest BCUT2D eigenvalue weighted by molar-refractivity contribution is 0.481. The van der Waals surface area contributed by atoms with Crippen molar-refractivity contribution in [2.75, 3.05) is 11.1 Å². The Hall–Kier alpha value is -3.35. The second-order valence-electron chi connectivity index (χ2n) is 9.43. The molecule has 0 atom stereocenters. The summed E-state index contributed by atoms with van der Waals surface area (Å²) in [6.45, 7) is 4.18. The third-order valence-corrected chi connectivity index (χ3v) is 10.1. The van der Waals surface area contributed by atoms with E-state index >= 15 is 0 Å². The number of thioether (sulfide) groups is 1. The van der Waals surface area contributed by atoms with Gasteiger partial charge in [0, 0.05) is 27.0 Å². The molecule has 0 bridgehead atoms. The summed E-state index contributed by atoms with van der Waals surface area (Å²) in [5, 5.41) is 11.1. The molecule has 0 spiro atoms. The molecule has 0 radical (unpaired) electrons. The standard InChI is InChI=1S/C26H28N6O7S4/c1-3-26(40,4-2)12-13-41-25-29-23(28-24(33)30-25)27-16-8-10-17(11-9-16)31-32-18-14-20-19(22(15-18)43(37,38)39)6-5-7-21(20)42(34,35)36/h5-11,14-15,40H,3-4,12-13H2,1-2H3,(H,34,35,36)(H,37,38,39)(H2,27,28,29,30,33). The van der Waals surface area contributed by atoms with E-state index in [4.69, 9.17) is 12.6 Å². The molecule has 0 aliphatic heterocycles. The summed E-state index contributed by atoms with van der Waals surface area (Å²) in [6, 6.07) is 12.3. The van der Waals surface area contributed by atoms with Crippen molar-refractivity contribution in [3.8, 4) is 0 Å². The van der Waals surface area contributed by atoms with Crippen LogP contribution in [0, 0.1) is 0 Å². The van der Waals surface area contributed by atoms with Gasteiger partial charge in [-0.2, -0.15) is 49.7 Å². The number of aromatic amines is 1. The summed E-state index contributed by atoms with van der Waals surface area (Å²) in [4.78, 5) is 21.8. The van der Waals surface area contributed by atoms with E-state index in [0.717, 1.165) is 31.4 Å². The number of aromatic nitrogens is 3. The number of nitrogens with one attached hydrogen (secondary N) is 2. The quantitative estimate of drug-likeness (QED) is 0.0519. The number of hydrogen-bond donors (Lipinski definition) is 5. The Morgan fingerprint density at radius 1 is 0.907 bits per heavy atom. The molecule has 0 saturated heterocycles. The van der Waals surface area contributed by atoms with Crippen LogP contribution in [0.5, 0.6) is 0 Å². The van der Waals surface area contributed by atoms with Crippen molar-refractivity contribution in [3.63, 3.8) is 0 Å². The zero-order valence-electron chi connectivity index (χ0n) is 22.9. The fourth-order valence-electron chi connectivity index (χ4n) is 4.09. The third kappa shape index (κ3) is 8.39. The van der Waals surface area contributed by atoms with E-state index < -0.39 is 35.7 Å². The average Bonchev–Trinajstić information content (AvgIpc) is 2.94. The zero-order valence-corrected chi connectivity index (χ0v) is 26.3. The van der Waals surface area contributed by atoms with Gasteiger partial charge in [-0.25, -0.2) is 4.79 Å². The van der Waals surface area contributed by atoms with Crippen molar-refractivity contribution in [2.24, 2.45) is 10.2 Å². The SMILES string of the molecule is CCC(S)(CC)CCSc1nc(Nc2ccc(N=Nc3cc(S(=O)(=O)O)c4cccc(S(=O)(=O)O)c4c3)cc2)[nH]c(=O)n1. The predicted octanol–water partition coefficient (Wildman–Crippen LogP) is 5.94. The van der Waals surface area contributed by atoms with Gasteiger partial charge in [-0.15, -0.1) is 0 Å². The summed E-state index contributed by atoms with van der Waals surface area (Å²) in [7, 11) is -9.50. The minimum atomic E-state index is -4.78. The second-order valence-corrected chi connectivity index (χ2v) is 14.2. The number of anilines is 2. The van der Waals surface area contributed by atoms with E-state index in [0.29, 0.717) is 22.3 Å². The highest BCUT2D eigenvalue weighted by molar-refractivity contribution is 7.99. The molecule has 0 saturated carbocycles. The van der Waals surface area contributed by atoms with Gasteiger partial charge in [0.25, 0.3) is 20.2 Å². The minimum Gasteiger partial charge on any atom is -0.326 e. The van der Waals surface area contributed by atoms with E-state index in [-0.39, 0.29) is 27.2 Å². The van der Waals surface area contributed by atoms with Crippen LogP contribution in [0.25, 0.3) is 10.8 Å². The normalized spacial score (nSPS) is 12.7. The maximum Gasteiger partial charge on any atom is 0.350 e. The fourth-order valence-corrected chi connectivity index (χ4v) is 6.76. The molecule has 3 aromatic carbocycles. The van der Waals surface area contributed by atoms with Gasteiger partial charge in [-0.05, 0) is 61.7 Å². The molecule has 228 valence electrons. The summed E-state index contributed by atoms with van der Waals surface area (Å²) >= 11 is 6.12. The number of nitrogens with zero attached hydrogens (tertiary/aromatic N) is 4. The lowest BCUT2D eigenvalue weighted by atomic mass is 9.99. The maximum atomic E-state index is 12.1. The van der Waals surface area contributed by atoms with Gasteiger partial charge >= 0.3 is 5.69 Å². The van der Waals surface area contributed by atoms with Crippen molar-refractivity contribution < 1.29 is 25.9 Å². The molecule has 13 nitrogen and oxygen atoms in total. The van der Waals surface area contributed by atoms with Crippen LogP contribution in [0.3, 0.4) is 0 Å². The number of azo groups is 1. The number of rotatable bonds is 12. The molecule has 1 heterocycles. The topological polar surface area (TPSA) is 204 Å². The Morgan fingerprint density at radius 2 is 1.56 bits per heavy atom. The predicted molar refractivity (Wildman–Crippen MR) is 168 cm³/mol. The van der Waals surface area contributed by atoms with Gasteiger partial charge in [0.2, 0.25) is 5.95 Å². The van der Waals surface area contributed by atoms with Crippen LogP contribution < -0.4 is 11.0 Å². The Morgan fingerprint density at radius 3 is 2.19 bits per heavy atom. The van der Waals surface area contributed by atoms with Crippen molar-refractivity contribution in [3.05, 3.63) is 65.1 Å². The highest BCUT2D eigenvalue weighted by Gasteiger charge is 2.22. The molecule has 0 aliphatic carbocycles. The van der Waals surface area contributed by atoms with Crippen molar-refractivity contribution in [2.45, 2.75) is 52.8 Å². The van der Waals surface area contributed by atoms with Crippen LogP contribution >= 0.6 is 24.4 Å². The first-order valence-corrected chi connectivity index (χ1v) is 17.2. The van der Waals surface area contributed by atoms with E-state index in [1.54, 1.807) is 24.3 Å². The summed E-state index contributed by atoms with van der Waals surface area (Å²) in [5.41, 5.74) is 0.268. The monoisotopic (exact) mass is 664 g/mol. The summed E-state index contributed by atoms with van der Waals surface area (Å²) in [6.07, 6.45) is 2.68. The van der Waals surface area contributed by atoms with Gasteiger partial charge in [-0.1, -0.05) is 37.7 Å². The maximum absolute atomic E-state index is 12.1. The average molecular weight is 665 g/mol. The summed E-state index contributed by atoms with van der Waals surface area (Å²) < 4.78 is 67.0. The number of benzene rings is 3. The molecule has 0 aliphatic rings. The molecule has 4 rings (SSSR count). The number of H-pyrrole nitrogens is 1. The van der Waals surface area contributed by atoms with E-state index in [1.807, 2.05) is 0 Å². The highest BCUT2D eigenvalue weighted by Crippen LogP contribution is 2.34. The number of thiol groups is 1. The van der Waals surface area contributed by atoms with E-state index in [2.05, 4.69) is 44.3 Å². The first-order chi connectivity index (χ1) is 20.2. The second kappa shape index (κ2) is 13.1. The van der Waals surface area contributed by atoms with E-state index in [1.165, 1.54) is 30.0 Å². The van der Waals surface area contributed by atoms with Gasteiger partial charge in [0.15, 0.2) is 5.16 Å². The Balaban J connectivity index is 1.53. The van der Waals surface area contributed by atoms with Crippen LogP contribution in [0.15, 0.2) is 84.6 Å². The third-order valence-electron chi connectivity index (χ3n) is 6.61. The fraction of sp³-hybridized carbons (Fsp3) is 0.269. The molecular weight excluding hydrogens is 637 g/mol. The van der Waals surface area contributed by atoms with Crippen LogP contribution in [0.4, 0.5) is 23.0 Å². The van der Waals surface area contributed by atoms with Crippen molar-refractivity contribution in [1.82, 2.24) is 15.0 Å². The lowest BCUT2D eigenvalue weighted by Gasteiger charge is -2.24. The smallest absolute Gasteiger partial charge is 0.326 e. The lowest BCUT2D eigenvalue weighted by Crippen LogP contribution is -2.20. The Bertz CT molecular complexity index is 1940. The first kappa shape index (κ1) is 32.6. The van der Waals surface area contributed by atoms with Crippen molar-refractivity contribution >= 4 is 78.4 Å².